The van der Waals surface area contributed by atoms with Crippen LogP contribution >= 0.6 is 27.3 Å². The highest BCUT2D eigenvalue weighted by atomic mass is 79.9. The SMILES string of the molecule is Cc1cc(CNc2cc(Br)ncn2)sc1C. The Labute approximate surface area is 107 Å². The van der Waals surface area contributed by atoms with Gasteiger partial charge in [0, 0.05) is 15.8 Å². The highest BCUT2D eigenvalue weighted by molar-refractivity contribution is 9.10. The van der Waals surface area contributed by atoms with E-state index in [-0.39, 0.29) is 0 Å². The summed E-state index contributed by atoms with van der Waals surface area (Å²) in [5.41, 5.74) is 1.35. The van der Waals surface area contributed by atoms with Gasteiger partial charge in [-0.05, 0) is 41.4 Å². The summed E-state index contributed by atoms with van der Waals surface area (Å²) in [5.74, 6) is 0.839. The van der Waals surface area contributed by atoms with Crippen LogP contribution in [0.25, 0.3) is 0 Å². The zero-order chi connectivity index (χ0) is 11.5. The van der Waals surface area contributed by atoms with E-state index in [1.54, 1.807) is 0 Å². The molecular weight excluding hydrogens is 286 g/mol. The standard InChI is InChI=1S/C11H12BrN3S/c1-7-3-9(16-8(7)2)5-13-11-4-10(12)14-6-15-11/h3-4,6H,5H2,1-2H3,(H,13,14,15). The molecule has 0 radical (unpaired) electrons. The first-order valence-corrected chi connectivity index (χ1v) is 6.53. The number of aryl methyl sites for hydroxylation is 2. The second-order valence-corrected chi connectivity index (χ2v) is 5.68. The molecule has 0 spiro atoms. The van der Waals surface area contributed by atoms with Crippen molar-refractivity contribution in [1.82, 2.24) is 9.97 Å². The molecule has 2 aromatic rings. The van der Waals surface area contributed by atoms with E-state index in [1.165, 1.54) is 21.6 Å². The normalized spacial score (nSPS) is 10.4. The maximum atomic E-state index is 4.14. The van der Waals surface area contributed by atoms with E-state index in [9.17, 15) is 0 Å². The Morgan fingerprint density at radius 2 is 2.12 bits per heavy atom. The Bertz CT molecular complexity index is 476. The third-order valence-corrected chi connectivity index (χ3v) is 3.88. The summed E-state index contributed by atoms with van der Waals surface area (Å²) in [6.45, 7) is 5.09. The van der Waals surface area contributed by atoms with Crippen molar-refractivity contribution in [2.24, 2.45) is 0 Å². The van der Waals surface area contributed by atoms with Crippen LogP contribution in [0.1, 0.15) is 15.3 Å². The molecule has 0 saturated heterocycles. The van der Waals surface area contributed by atoms with Gasteiger partial charge in [0.15, 0.2) is 0 Å². The van der Waals surface area contributed by atoms with E-state index in [1.807, 2.05) is 17.4 Å². The summed E-state index contributed by atoms with van der Waals surface area (Å²) in [7, 11) is 0. The van der Waals surface area contributed by atoms with Crippen molar-refractivity contribution in [3.8, 4) is 0 Å². The molecule has 84 valence electrons. The molecule has 3 nitrogen and oxygen atoms in total. The summed E-state index contributed by atoms with van der Waals surface area (Å²) in [4.78, 5) is 10.8. The zero-order valence-corrected chi connectivity index (χ0v) is 11.5. The van der Waals surface area contributed by atoms with E-state index in [0.29, 0.717) is 0 Å². The van der Waals surface area contributed by atoms with E-state index < -0.39 is 0 Å². The molecule has 0 bridgehead atoms. The second kappa shape index (κ2) is 4.93. The number of nitrogens with one attached hydrogen (secondary N) is 1. The summed E-state index contributed by atoms with van der Waals surface area (Å²) in [5, 5.41) is 3.27. The fourth-order valence-corrected chi connectivity index (χ4v) is 2.65. The molecule has 2 rings (SSSR count). The van der Waals surface area contributed by atoms with Gasteiger partial charge >= 0.3 is 0 Å². The van der Waals surface area contributed by atoms with Crippen LogP contribution in [-0.4, -0.2) is 9.97 Å². The van der Waals surface area contributed by atoms with Gasteiger partial charge in [-0.3, -0.25) is 0 Å². The van der Waals surface area contributed by atoms with Gasteiger partial charge in [0.25, 0.3) is 0 Å². The molecule has 0 aliphatic heterocycles. The number of aromatic nitrogens is 2. The summed E-state index contributed by atoms with van der Waals surface area (Å²) in [6, 6.07) is 4.08. The average Bonchev–Trinajstić information content (AvgIpc) is 2.56. The molecule has 0 aliphatic carbocycles. The maximum Gasteiger partial charge on any atom is 0.130 e. The van der Waals surface area contributed by atoms with Gasteiger partial charge in [0.05, 0.1) is 6.54 Å². The van der Waals surface area contributed by atoms with E-state index in [0.717, 1.165) is 17.0 Å². The van der Waals surface area contributed by atoms with Crippen LogP contribution in [0.5, 0.6) is 0 Å². The van der Waals surface area contributed by atoms with Crippen molar-refractivity contribution in [2.45, 2.75) is 20.4 Å². The molecule has 0 unspecified atom stereocenters. The smallest absolute Gasteiger partial charge is 0.130 e. The lowest BCUT2D eigenvalue weighted by Crippen LogP contribution is -1.99. The quantitative estimate of drug-likeness (QED) is 0.881. The van der Waals surface area contributed by atoms with Crippen LogP contribution in [0.15, 0.2) is 23.1 Å². The first-order chi connectivity index (χ1) is 7.65. The van der Waals surface area contributed by atoms with Crippen molar-refractivity contribution in [3.05, 3.63) is 38.4 Å². The van der Waals surface area contributed by atoms with Crippen molar-refractivity contribution in [1.29, 1.82) is 0 Å². The third-order valence-electron chi connectivity index (χ3n) is 2.29. The van der Waals surface area contributed by atoms with E-state index in [2.05, 4.69) is 51.1 Å². The molecule has 2 aromatic heterocycles. The third kappa shape index (κ3) is 2.80. The van der Waals surface area contributed by atoms with Crippen LogP contribution in [0, 0.1) is 13.8 Å². The predicted octanol–water partition coefficient (Wildman–Crippen LogP) is 3.53. The number of rotatable bonds is 3. The van der Waals surface area contributed by atoms with E-state index in [4.69, 9.17) is 0 Å². The highest BCUT2D eigenvalue weighted by Gasteiger charge is 2.02. The molecule has 0 aromatic carbocycles. The molecule has 1 N–H and O–H groups in total. The van der Waals surface area contributed by atoms with Crippen LogP contribution in [0.3, 0.4) is 0 Å². The number of nitrogens with zero attached hydrogens (tertiary/aromatic N) is 2. The minimum absolute atomic E-state index is 0.795. The first kappa shape index (κ1) is 11.5. The Hall–Kier alpha value is -0.940. The van der Waals surface area contributed by atoms with Gasteiger partial charge in [-0.15, -0.1) is 11.3 Å². The molecule has 0 atom stereocenters. The van der Waals surface area contributed by atoms with Crippen molar-refractivity contribution < 1.29 is 0 Å². The van der Waals surface area contributed by atoms with Gasteiger partial charge in [-0.2, -0.15) is 0 Å². The van der Waals surface area contributed by atoms with Gasteiger partial charge in [-0.1, -0.05) is 0 Å². The molecule has 0 amide bonds. The lowest BCUT2D eigenvalue weighted by atomic mass is 10.3. The van der Waals surface area contributed by atoms with Crippen LogP contribution in [-0.2, 0) is 6.54 Å². The molecule has 0 saturated carbocycles. The zero-order valence-electron chi connectivity index (χ0n) is 9.12. The number of halogens is 1. The lowest BCUT2D eigenvalue weighted by molar-refractivity contribution is 1.08. The van der Waals surface area contributed by atoms with Crippen LogP contribution in [0.4, 0.5) is 5.82 Å². The number of hydrogen-bond donors (Lipinski definition) is 1. The summed E-state index contributed by atoms with van der Waals surface area (Å²) >= 11 is 5.14. The fourth-order valence-electron chi connectivity index (χ4n) is 1.34. The number of thiophene rings is 1. The summed E-state index contributed by atoms with van der Waals surface area (Å²) < 4.78 is 0.795. The van der Waals surface area contributed by atoms with Gasteiger partial charge < -0.3 is 5.32 Å². The molecule has 16 heavy (non-hydrogen) atoms. The largest absolute Gasteiger partial charge is 0.365 e. The Morgan fingerprint density at radius 1 is 1.31 bits per heavy atom. The predicted molar refractivity (Wildman–Crippen MR) is 70.9 cm³/mol. The fraction of sp³-hybridized carbons (Fsp3) is 0.273. The Kier molecular flexibility index (Phi) is 3.56. The van der Waals surface area contributed by atoms with Gasteiger partial charge in [-0.25, -0.2) is 9.97 Å². The lowest BCUT2D eigenvalue weighted by Gasteiger charge is -2.02. The monoisotopic (exact) mass is 297 g/mol. The topological polar surface area (TPSA) is 37.8 Å². The van der Waals surface area contributed by atoms with Crippen LogP contribution in [0.2, 0.25) is 0 Å². The minimum atomic E-state index is 0.795. The average molecular weight is 298 g/mol. The molecule has 0 aliphatic rings. The second-order valence-electron chi connectivity index (χ2n) is 3.53. The minimum Gasteiger partial charge on any atom is -0.365 e. The first-order valence-electron chi connectivity index (χ1n) is 4.92. The Morgan fingerprint density at radius 3 is 2.75 bits per heavy atom. The summed E-state index contributed by atoms with van der Waals surface area (Å²) in [6.07, 6.45) is 1.54. The molecule has 2 heterocycles. The number of anilines is 1. The van der Waals surface area contributed by atoms with Crippen molar-refractivity contribution >= 4 is 33.1 Å². The van der Waals surface area contributed by atoms with Crippen LogP contribution < -0.4 is 5.32 Å². The van der Waals surface area contributed by atoms with Crippen molar-refractivity contribution in [3.63, 3.8) is 0 Å². The number of hydrogen-bond acceptors (Lipinski definition) is 4. The van der Waals surface area contributed by atoms with E-state index >= 15 is 0 Å². The molecule has 5 heteroatoms. The highest BCUT2D eigenvalue weighted by Crippen LogP contribution is 2.21. The molecular formula is C11H12BrN3S. The maximum absolute atomic E-state index is 4.14. The van der Waals surface area contributed by atoms with Gasteiger partial charge in [0.1, 0.15) is 16.7 Å². The van der Waals surface area contributed by atoms with Gasteiger partial charge in [0.2, 0.25) is 0 Å². The Balaban J connectivity index is 2.02. The van der Waals surface area contributed by atoms with Crippen molar-refractivity contribution in [2.75, 3.05) is 5.32 Å². The molecule has 0 fully saturated rings.